The van der Waals surface area contributed by atoms with Gasteiger partial charge in [-0.05, 0) is 13.0 Å². The van der Waals surface area contributed by atoms with Gasteiger partial charge < -0.3 is 10.1 Å². The van der Waals surface area contributed by atoms with Crippen LogP contribution in [0.1, 0.15) is 12.5 Å². The summed E-state index contributed by atoms with van der Waals surface area (Å²) in [5.41, 5.74) is 0.845. The van der Waals surface area contributed by atoms with Gasteiger partial charge in [-0.2, -0.15) is 5.26 Å². The summed E-state index contributed by atoms with van der Waals surface area (Å²) in [5.74, 6) is 0.434. The standard InChI is InChI=1S/C13H16N2O2/c1-10(8-14)9-15-13(16)7-11-5-3-4-6-12(11)17-2/h3-6,10H,7,9H2,1-2H3,(H,15,16). The molecule has 1 atom stereocenters. The number of rotatable bonds is 5. The fourth-order valence-electron chi connectivity index (χ4n) is 1.40. The molecule has 1 amide bonds. The maximum absolute atomic E-state index is 11.6. The third kappa shape index (κ3) is 4.15. The van der Waals surface area contributed by atoms with Crippen LogP contribution in [0.25, 0.3) is 0 Å². The number of amides is 1. The maximum atomic E-state index is 11.6. The average molecular weight is 232 g/mol. The zero-order chi connectivity index (χ0) is 12.7. The number of hydrogen-bond donors (Lipinski definition) is 1. The fourth-order valence-corrected chi connectivity index (χ4v) is 1.40. The molecular formula is C13H16N2O2. The van der Waals surface area contributed by atoms with E-state index in [0.29, 0.717) is 12.3 Å². The van der Waals surface area contributed by atoms with Crippen LogP contribution in [0.15, 0.2) is 24.3 Å². The van der Waals surface area contributed by atoms with Crippen LogP contribution in [0.4, 0.5) is 0 Å². The van der Waals surface area contributed by atoms with Gasteiger partial charge in [0.05, 0.1) is 25.5 Å². The van der Waals surface area contributed by atoms with Gasteiger partial charge in [-0.1, -0.05) is 18.2 Å². The van der Waals surface area contributed by atoms with Gasteiger partial charge in [-0.15, -0.1) is 0 Å². The first-order valence-corrected chi connectivity index (χ1v) is 5.45. The van der Waals surface area contributed by atoms with Crippen molar-refractivity contribution in [1.29, 1.82) is 5.26 Å². The second kappa shape index (κ2) is 6.54. The Morgan fingerprint density at radius 1 is 1.53 bits per heavy atom. The summed E-state index contributed by atoms with van der Waals surface area (Å²) in [7, 11) is 1.58. The molecule has 1 unspecified atom stereocenters. The average Bonchev–Trinajstić information content (AvgIpc) is 2.36. The highest BCUT2D eigenvalue weighted by molar-refractivity contribution is 5.79. The highest BCUT2D eigenvalue weighted by atomic mass is 16.5. The molecule has 0 bridgehead atoms. The molecule has 0 saturated carbocycles. The lowest BCUT2D eigenvalue weighted by atomic mass is 10.1. The molecule has 1 rings (SSSR count). The minimum absolute atomic E-state index is 0.100. The smallest absolute Gasteiger partial charge is 0.224 e. The largest absolute Gasteiger partial charge is 0.496 e. The molecule has 0 fully saturated rings. The number of nitrogens with one attached hydrogen (secondary N) is 1. The maximum Gasteiger partial charge on any atom is 0.224 e. The molecule has 0 aliphatic heterocycles. The summed E-state index contributed by atoms with van der Waals surface area (Å²) in [4.78, 5) is 11.6. The van der Waals surface area contributed by atoms with Crippen molar-refractivity contribution in [2.24, 2.45) is 5.92 Å². The number of nitriles is 1. The van der Waals surface area contributed by atoms with Crippen molar-refractivity contribution in [2.45, 2.75) is 13.3 Å². The van der Waals surface area contributed by atoms with Crippen LogP contribution in [0, 0.1) is 17.2 Å². The van der Waals surface area contributed by atoms with E-state index in [0.717, 1.165) is 5.56 Å². The number of benzene rings is 1. The highest BCUT2D eigenvalue weighted by Gasteiger charge is 2.08. The second-order valence-electron chi connectivity index (χ2n) is 3.82. The van der Waals surface area contributed by atoms with E-state index < -0.39 is 0 Å². The third-order valence-electron chi connectivity index (χ3n) is 2.37. The SMILES string of the molecule is COc1ccccc1CC(=O)NCC(C)C#N. The summed E-state index contributed by atoms with van der Waals surface area (Å²) in [6, 6.07) is 9.46. The number of para-hydroxylation sites is 1. The van der Waals surface area contributed by atoms with E-state index >= 15 is 0 Å². The second-order valence-corrected chi connectivity index (χ2v) is 3.82. The van der Waals surface area contributed by atoms with E-state index in [9.17, 15) is 4.79 Å². The molecule has 0 aliphatic rings. The summed E-state index contributed by atoms with van der Waals surface area (Å²) >= 11 is 0. The molecule has 0 aromatic heterocycles. The summed E-state index contributed by atoms with van der Waals surface area (Å²) < 4.78 is 5.16. The van der Waals surface area contributed by atoms with Crippen LogP contribution < -0.4 is 10.1 Å². The molecule has 0 spiro atoms. The normalized spacial score (nSPS) is 11.4. The Kier molecular flexibility index (Phi) is 5.02. The monoisotopic (exact) mass is 232 g/mol. The van der Waals surface area contributed by atoms with Gasteiger partial charge in [-0.3, -0.25) is 4.79 Å². The van der Waals surface area contributed by atoms with Crippen molar-refractivity contribution in [2.75, 3.05) is 13.7 Å². The van der Waals surface area contributed by atoms with E-state index in [1.807, 2.05) is 24.3 Å². The molecule has 4 heteroatoms. The van der Waals surface area contributed by atoms with E-state index in [4.69, 9.17) is 10.00 Å². The van der Waals surface area contributed by atoms with Crippen molar-refractivity contribution in [3.05, 3.63) is 29.8 Å². The number of ether oxygens (including phenoxy) is 1. The van der Waals surface area contributed by atoms with E-state index in [1.54, 1.807) is 14.0 Å². The molecule has 4 nitrogen and oxygen atoms in total. The molecule has 90 valence electrons. The summed E-state index contributed by atoms with van der Waals surface area (Å²) in [6.07, 6.45) is 0.266. The quantitative estimate of drug-likeness (QED) is 0.837. The summed E-state index contributed by atoms with van der Waals surface area (Å²) in [6.45, 7) is 2.15. The lowest BCUT2D eigenvalue weighted by Crippen LogP contribution is -2.29. The highest BCUT2D eigenvalue weighted by Crippen LogP contribution is 2.17. The molecule has 17 heavy (non-hydrogen) atoms. The Morgan fingerprint density at radius 3 is 2.88 bits per heavy atom. The van der Waals surface area contributed by atoms with Crippen LogP contribution in [-0.4, -0.2) is 19.6 Å². The van der Waals surface area contributed by atoms with Gasteiger partial charge in [0.2, 0.25) is 5.91 Å². The van der Waals surface area contributed by atoms with Crippen molar-refractivity contribution in [1.82, 2.24) is 5.32 Å². The molecule has 1 N–H and O–H groups in total. The number of hydrogen-bond acceptors (Lipinski definition) is 3. The van der Waals surface area contributed by atoms with Crippen LogP contribution in [0.3, 0.4) is 0 Å². The van der Waals surface area contributed by atoms with Gasteiger partial charge >= 0.3 is 0 Å². The Balaban J connectivity index is 2.54. The van der Waals surface area contributed by atoms with Crippen LogP contribution in [0.5, 0.6) is 5.75 Å². The number of nitrogens with zero attached hydrogens (tertiary/aromatic N) is 1. The van der Waals surface area contributed by atoms with Crippen molar-refractivity contribution in [3.63, 3.8) is 0 Å². The topological polar surface area (TPSA) is 62.1 Å². The molecule has 1 aromatic carbocycles. The fraction of sp³-hybridized carbons (Fsp3) is 0.385. The Labute approximate surface area is 101 Å². The van der Waals surface area contributed by atoms with Crippen molar-refractivity contribution >= 4 is 5.91 Å². The molecule has 1 aromatic rings. The molecule has 0 heterocycles. The lowest BCUT2D eigenvalue weighted by Gasteiger charge is -2.09. The lowest BCUT2D eigenvalue weighted by molar-refractivity contribution is -0.120. The van der Waals surface area contributed by atoms with E-state index in [-0.39, 0.29) is 18.2 Å². The van der Waals surface area contributed by atoms with Gasteiger partial charge in [0.1, 0.15) is 5.75 Å². The number of carbonyl (C=O) groups is 1. The Hall–Kier alpha value is -2.02. The first-order chi connectivity index (χ1) is 8.17. The molecule has 0 aliphatic carbocycles. The van der Waals surface area contributed by atoms with Crippen LogP contribution in [0.2, 0.25) is 0 Å². The van der Waals surface area contributed by atoms with Crippen LogP contribution in [-0.2, 0) is 11.2 Å². The van der Waals surface area contributed by atoms with E-state index in [1.165, 1.54) is 0 Å². The van der Waals surface area contributed by atoms with Crippen molar-refractivity contribution in [3.8, 4) is 11.8 Å². The zero-order valence-electron chi connectivity index (χ0n) is 10.1. The molecule has 0 saturated heterocycles. The number of methoxy groups -OCH3 is 1. The van der Waals surface area contributed by atoms with Gasteiger partial charge in [0, 0.05) is 12.1 Å². The Bertz CT molecular complexity index is 424. The third-order valence-corrected chi connectivity index (χ3v) is 2.37. The summed E-state index contributed by atoms with van der Waals surface area (Å²) in [5, 5.41) is 11.3. The van der Waals surface area contributed by atoms with Crippen molar-refractivity contribution < 1.29 is 9.53 Å². The zero-order valence-corrected chi connectivity index (χ0v) is 10.1. The van der Waals surface area contributed by atoms with Gasteiger partial charge in [0.15, 0.2) is 0 Å². The predicted octanol–water partition coefficient (Wildman–Crippen LogP) is 1.51. The van der Waals surface area contributed by atoms with Gasteiger partial charge in [-0.25, -0.2) is 0 Å². The predicted molar refractivity (Wildman–Crippen MR) is 64.5 cm³/mol. The number of carbonyl (C=O) groups excluding carboxylic acids is 1. The van der Waals surface area contributed by atoms with Gasteiger partial charge in [0.25, 0.3) is 0 Å². The van der Waals surface area contributed by atoms with E-state index in [2.05, 4.69) is 11.4 Å². The first kappa shape index (κ1) is 13.0. The van der Waals surface area contributed by atoms with Crippen LogP contribution >= 0.6 is 0 Å². The Morgan fingerprint density at radius 2 is 2.24 bits per heavy atom. The molecule has 0 radical (unpaired) electrons. The molecular weight excluding hydrogens is 216 g/mol. The first-order valence-electron chi connectivity index (χ1n) is 5.45. The minimum Gasteiger partial charge on any atom is -0.496 e. The minimum atomic E-state index is -0.170.